The Labute approximate surface area is 126 Å². The average Bonchev–Trinajstić information content (AvgIpc) is 2.89. The number of fused-ring (bicyclic) bond motifs is 1. The molecule has 1 N–H and O–H groups in total. The van der Waals surface area contributed by atoms with Crippen LogP contribution in [0.1, 0.15) is 45.8 Å². The molecule has 1 atom stereocenters. The number of benzene rings is 2. The monoisotopic (exact) mass is 283 g/mol. The van der Waals surface area contributed by atoms with Crippen molar-refractivity contribution in [1.29, 1.82) is 0 Å². The summed E-state index contributed by atoms with van der Waals surface area (Å²) in [6.07, 6.45) is 3.56. The van der Waals surface area contributed by atoms with Crippen molar-refractivity contribution in [2.45, 2.75) is 39.2 Å². The van der Waals surface area contributed by atoms with E-state index in [-0.39, 0.29) is 11.9 Å². The lowest BCUT2D eigenvalue weighted by Gasteiger charge is -2.21. The molecular formula is C19H22FN. The Morgan fingerprint density at radius 3 is 2.52 bits per heavy atom. The molecule has 2 heteroatoms. The van der Waals surface area contributed by atoms with E-state index in [4.69, 9.17) is 0 Å². The highest BCUT2D eigenvalue weighted by Crippen LogP contribution is 2.31. The van der Waals surface area contributed by atoms with Gasteiger partial charge < -0.3 is 5.32 Å². The van der Waals surface area contributed by atoms with Crippen molar-refractivity contribution in [3.8, 4) is 0 Å². The van der Waals surface area contributed by atoms with Crippen LogP contribution in [0.2, 0.25) is 0 Å². The fraction of sp³-hybridized carbons (Fsp3) is 0.368. The van der Waals surface area contributed by atoms with E-state index < -0.39 is 0 Å². The minimum atomic E-state index is -0.118. The first-order valence-corrected chi connectivity index (χ1v) is 7.65. The molecule has 0 radical (unpaired) electrons. The van der Waals surface area contributed by atoms with Gasteiger partial charge in [-0.15, -0.1) is 0 Å². The quantitative estimate of drug-likeness (QED) is 0.888. The second-order valence-corrected chi connectivity index (χ2v) is 6.08. The number of hydrogen-bond donors (Lipinski definition) is 1. The fourth-order valence-electron chi connectivity index (χ4n) is 3.54. The summed E-state index contributed by atoms with van der Waals surface area (Å²) in [5.74, 6) is -0.118. The Morgan fingerprint density at radius 1 is 1.05 bits per heavy atom. The molecule has 21 heavy (non-hydrogen) atoms. The highest BCUT2D eigenvalue weighted by molar-refractivity contribution is 5.43. The lowest BCUT2D eigenvalue weighted by molar-refractivity contribution is 0.572. The molecular weight excluding hydrogens is 261 g/mol. The van der Waals surface area contributed by atoms with Gasteiger partial charge in [0.2, 0.25) is 0 Å². The molecule has 0 spiro atoms. The molecule has 1 aliphatic rings. The van der Waals surface area contributed by atoms with Crippen molar-refractivity contribution in [2.24, 2.45) is 0 Å². The van der Waals surface area contributed by atoms with Gasteiger partial charge in [0, 0.05) is 5.56 Å². The van der Waals surface area contributed by atoms with Crippen molar-refractivity contribution in [1.82, 2.24) is 5.32 Å². The van der Waals surface area contributed by atoms with Crippen LogP contribution in [-0.2, 0) is 12.8 Å². The van der Waals surface area contributed by atoms with Gasteiger partial charge in [-0.3, -0.25) is 0 Å². The Kier molecular flexibility index (Phi) is 3.81. The van der Waals surface area contributed by atoms with Gasteiger partial charge in [-0.1, -0.05) is 24.3 Å². The maximum atomic E-state index is 14.5. The number of nitrogens with one attached hydrogen (secondary N) is 1. The Morgan fingerprint density at radius 2 is 1.81 bits per heavy atom. The molecule has 1 unspecified atom stereocenters. The molecule has 3 rings (SSSR count). The molecule has 110 valence electrons. The molecule has 2 aromatic rings. The highest BCUT2D eigenvalue weighted by atomic mass is 19.1. The van der Waals surface area contributed by atoms with Crippen molar-refractivity contribution in [2.75, 3.05) is 7.05 Å². The molecule has 0 saturated carbocycles. The van der Waals surface area contributed by atoms with Crippen LogP contribution in [0.15, 0.2) is 30.3 Å². The minimum Gasteiger partial charge on any atom is -0.309 e. The van der Waals surface area contributed by atoms with Crippen molar-refractivity contribution < 1.29 is 4.39 Å². The van der Waals surface area contributed by atoms with E-state index in [2.05, 4.69) is 29.6 Å². The van der Waals surface area contributed by atoms with Crippen LogP contribution in [-0.4, -0.2) is 7.05 Å². The van der Waals surface area contributed by atoms with E-state index in [0.29, 0.717) is 0 Å². The van der Waals surface area contributed by atoms with E-state index in [1.54, 1.807) is 6.07 Å². The first kappa shape index (κ1) is 14.3. The maximum absolute atomic E-state index is 14.5. The van der Waals surface area contributed by atoms with Gasteiger partial charge in [-0.05, 0) is 74.0 Å². The Balaban J connectivity index is 2.07. The molecule has 0 aromatic heterocycles. The van der Waals surface area contributed by atoms with Crippen LogP contribution in [0.4, 0.5) is 4.39 Å². The smallest absolute Gasteiger partial charge is 0.128 e. The molecule has 0 bridgehead atoms. The van der Waals surface area contributed by atoms with E-state index in [9.17, 15) is 4.39 Å². The second kappa shape index (κ2) is 5.61. The standard InChI is InChI=1S/C19H22FN/c1-12-9-13(2)18(17(20)10-12)19(21-3)16-8-7-14-5-4-6-15(14)11-16/h7-11,19,21H,4-6H2,1-3H3. The van der Waals surface area contributed by atoms with Crippen LogP contribution in [0.25, 0.3) is 0 Å². The third kappa shape index (κ3) is 2.60. The topological polar surface area (TPSA) is 12.0 Å². The molecule has 2 aromatic carbocycles. The van der Waals surface area contributed by atoms with Gasteiger partial charge in [0.25, 0.3) is 0 Å². The summed E-state index contributed by atoms with van der Waals surface area (Å²) in [7, 11) is 1.90. The van der Waals surface area contributed by atoms with Gasteiger partial charge in [0.1, 0.15) is 5.82 Å². The summed E-state index contributed by atoms with van der Waals surface area (Å²) in [5.41, 5.74) is 6.78. The number of aryl methyl sites for hydroxylation is 4. The van der Waals surface area contributed by atoms with E-state index >= 15 is 0 Å². The van der Waals surface area contributed by atoms with Gasteiger partial charge in [-0.25, -0.2) is 4.39 Å². The molecule has 0 fully saturated rings. The molecule has 0 saturated heterocycles. The first-order valence-electron chi connectivity index (χ1n) is 7.65. The lowest BCUT2D eigenvalue weighted by atomic mass is 9.91. The summed E-state index contributed by atoms with van der Waals surface area (Å²) >= 11 is 0. The third-order valence-corrected chi connectivity index (χ3v) is 4.51. The predicted octanol–water partition coefficient (Wildman–Crippen LogP) is 4.24. The van der Waals surface area contributed by atoms with Crippen molar-refractivity contribution in [3.05, 3.63) is 69.5 Å². The maximum Gasteiger partial charge on any atom is 0.128 e. The minimum absolute atomic E-state index is 0.0866. The molecule has 0 amide bonds. The largest absolute Gasteiger partial charge is 0.309 e. The second-order valence-electron chi connectivity index (χ2n) is 6.08. The van der Waals surface area contributed by atoms with Gasteiger partial charge >= 0.3 is 0 Å². The molecule has 1 nitrogen and oxygen atoms in total. The SMILES string of the molecule is CNC(c1ccc2c(c1)CCC2)c1c(C)cc(C)cc1F. The molecule has 1 aliphatic carbocycles. The number of hydrogen-bond acceptors (Lipinski definition) is 1. The van der Waals surface area contributed by atoms with Crippen LogP contribution in [0.5, 0.6) is 0 Å². The zero-order valence-electron chi connectivity index (χ0n) is 13.0. The van der Waals surface area contributed by atoms with Crippen molar-refractivity contribution >= 4 is 0 Å². The third-order valence-electron chi connectivity index (χ3n) is 4.51. The van der Waals surface area contributed by atoms with E-state index in [0.717, 1.165) is 28.7 Å². The van der Waals surface area contributed by atoms with Gasteiger partial charge in [-0.2, -0.15) is 0 Å². The average molecular weight is 283 g/mol. The van der Waals surface area contributed by atoms with Crippen molar-refractivity contribution in [3.63, 3.8) is 0 Å². The molecule has 0 heterocycles. The predicted molar refractivity (Wildman–Crippen MR) is 85.2 cm³/mol. The zero-order valence-corrected chi connectivity index (χ0v) is 13.0. The summed E-state index contributed by atoms with van der Waals surface area (Å²) in [6, 6.07) is 10.2. The number of halogens is 1. The highest BCUT2D eigenvalue weighted by Gasteiger charge is 2.21. The van der Waals surface area contributed by atoms with Gasteiger partial charge in [0.15, 0.2) is 0 Å². The van der Waals surface area contributed by atoms with E-state index in [1.807, 2.05) is 20.9 Å². The van der Waals surface area contributed by atoms with Crippen LogP contribution >= 0.6 is 0 Å². The zero-order chi connectivity index (χ0) is 15.0. The summed E-state index contributed by atoms with van der Waals surface area (Å²) in [4.78, 5) is 0. The van der Waals surface area contributed by atoms with E-state index in [1.165, 1.54) is 24.0 Å². The van der Waals surface area contributed by atoms with Crippen LogP contribution in [0, 0.1) is 19.7 Å². The van der Waals surface area contributed by atoms with Crippen LogP contribution < -0.4 is 5.32 Å². The first-order chi connectivity index (χ1) is 10.1. The normalized spacial score (nSPS) is 15.0. The number of rotatable bonds is 3. The summed E-state index contributed by atoms with van der Waals surface area (Å²) < 4.78 is 14.5. The Hall–Kier alpha value is -1.67. The summed E-state index contributed by atoms with van der Waals surface area (Å²) in [5, 5.41) is 3.29. The Bertz CT molecular complexity index is 652. The van der Waals surface area contributed by atoms with Gasteiger partial charge in [0.05, 0.1) is 6.04 Å². The lowest BCUT2D eigenvalue weighted by Crippen LogP contribution is -2.20. The fourth-order valence-corrected chi connectivity index (χ4v) is 3.54. The summed E-state index contributed by atoms with van der Waals surface area (Å²) in [6.45, 7) is 3.92. The molecule has 0 aliphatic heterocycles. The van der Waals surface area contributed by atoms with Crippen LogP contribution in [0.3, 0.4) is 0 Å².